The zero-order chi connectivity index (χ0) is 13.1. The Morgan fingerprint density at radius 2 is 1.89 bits per heavy atom. The summed E-state index contributed by atoms with van der Waals surface area (Å²) in [4.78, 5) is 9.72. The van der Waals surface area contributed by atoms with Gasteiger partial charge in [0.2, 0.25) is 0 Å². The molecule has 0 N–H and O–H groups in total. The second-order valence-electron chi connectivity index (χ2n) is 4.10. The van der Waals surface area contributed by atoms with E-state index in [1.165, 1.54) is 11.8 Å². The highest BCUT2D eigenvalue weighted by atomic mass is 35.5. The minimum absolute atomic E-state index is 0.252. The smallest absolute Gasteiger partial charge is 0.133 e. The fraction of sp³-hybridized carbons (Fsp3) is 0.231. The third-order valence-corrected chi connectivity index (χ3v) is 3.56. The number of rotatable bonds is 3. The number of halogens is 2. The topological polar surface area (TPSA) is 25.8 Å². The maximum atomic E-state index is 6.00. The van der Waals surface area contributed by atoms with Gasteiger partial charge in [0.05, 0.1) is 0 Å². The first-order chi connectivity index (χ1) is 8.54. The molecule has 5 heteroatoms. The third-order valence-electron chi connectivity index (χ3n) is 2.22. The molecule has 18 heavy (non-hydrogen) atoms. The molecule has 0 atom stereocenters. The predicted octanol–water partition coefficient (Wildman–Crippen LogP) is 5.06. The molecule has 1 heterocycles. The quantitative estimate of drug-likeness (QED) is 0.741. The van der Waals surface area contributed by atoms with Crippen LogP contribution in [0.4, 0.5) is 0 Å². The average Bonchev–Trinajstić information content (AvgIpc) is 2.28. The highest BCUT2D eigenvalue weighted by molar-refractivity contribution is 7.99. The minimum Gasteiger partial charge on any atom is -0.226 e. The van der Waals surface area contributed by atoms with Gasteiger partial charge in [0.1, 0.15) is 16.0 Å². The molecule has 1 aromatic heterocycles. The van der Waals surface area contributed by atoms with Gasteiger partial charge in [0.15, 0.2) is 0 Å². The van der Waals surface area contributed by atoms with E-state index >= 15 is 0 Å². The maximum Gasteiger partial charge on any atom is 0.133 e. The molecule has 0 saturated heterocycles. The molecule has 0 spiro atoms. The number of aromatic nitrogens is 2. The van der Waals surface area contributed by atoms with Crippen LogP contribution in [0.5, 0.6) is 0 Å². The molecule has 0 amide bonds. The van der Waals surface area contributed by atoms with Crippen LogP contribution in [0.25, 0.3) is 0 Å². The lowest BCUT2D eigenvalue weighted by Crippen LogP contribution is -1.98. The van der Waals surface area contributed by atoms with Crippen LogP contribution in [0.3, 0.4) is 0 Å². The Morgan fingerprint density at radius 1 is 1.11 bits per heavy atom. The van der Waals surface area contributed by atoms with Gasteiger partial charge in [-0.25, -0.2) is 9.97 Å². The Labute approximate surface area is 121 Å². The molecular formula is C13H12Cl2N2S. The van der Waals surface area contributed by atoms with Crippen molar-refractivity contribution in [1.82, 2.24) is 9.97 Å². The Hall–Kier alpha value is -0.770. The molecule has 0 bridgehead atoms. The summed E-state index contributed by atoms with van der Waals surface area (Å²) < 4.78 is 0. The number of benzene rings is 1. The van der Waals surface area contributed by atoms with E-state index in [4.69, 9.17) is 23.2 Å². The lowest BCUT2D eigenvalue weighted by molar-refractivity contribution is 0.753. The van der Waals surface area contributed by atoms with Gasteiger partial charge < -0.3 is 0 Å². The summed E-state index contributed by atoms with van der Waals surface area (Å²) in [6.45, 7) is 4.08. The average molecular weight is 299 g/mol. The Bertz CT molecular complexity index is 558. The predicted molar refractivity (Wildman–Crippen MR) is 76.7 cm³/mol. The van der Waals surface area contributed by atoms with Gasteiger partial charge in [-0.15, -0.1) is 0 Å². The van der Waals surface area contributed by atoms with Crippen molar-refractivity contribution in [2.45, 2.75) is 29.7 Å². The van der Waals surface area contributed by atoms with Crippen LogP contribution in [-0.4, -0.2) is 9.97 Å². The summed E-state index contributed by atoms with van der Waals surface area (Å²) in [5.41, 5.74) is 0. The molecule has 0 unspecified atom stereocenters. The van der Waals surface area contributed by atoms with E-state index in [2.05, 4.69) is 9.97 Å². The Balaban J connectivity index is 2.29. The molecular weight excluding hydrogens is 287 g/mol. The summed E-state index contributed by atoms with van der Waals surface area (Å²) in [7, 11) is 0. The normalized spacial score (nSPS) is 10.9. The first-order valence-corrected chi connectivity index (χ1v) is 7.10. The number of hydrogen-bond donors (Lipinski definition) is 0. The van der Waals surface area contributed by atoms with E-state index in [0.717, 1.165) is 15.7 Å². The van der Waals surface area contributed by atoms with Crippen LogP contribution in [-0.2, 0) is 0 Å². The van der Waals surface area contributed by atoms with Crippen molar-refractivity contribution in [3.8, 4) is 0 Å². The Kier molecular flexibility index (Phi) is 4.49. The SMILES string of the molecule is CC(C)c1nc(Cl)cc(Sc2cccc(Cl)c2)n1. The molecule has 0 fully saturated rings. The fourth-order valence-corrected chi connectivity index (χ4v) is 2.77. The lowest BCUT2D eigenvalue weighted by atomic mass is 10.2. The highest BCUT2D eigenvalue weighted by Crippen LogP contribution is 2.29. The monoisotopic (exact) mass is 298 g/mol. The number of nitrogens with zero attached hydrogens (tertiary/aromatic N) is 2. The van der Waals surface area contributed by atoms with E-state index in [0.29, 0.717) is 10.2 Å². The van der Waals surface area contributed by atoms with Crippen molar-refractivity contribution in [2.75, 3.05) is 0 Å². The second kappa shape index (κ2) is 5.91. The van der Waals surface area contributed by atoms with Crippen LogP contribution in [0.2, 0.25) is 10.2 Å². The molecule has 0 saturated carbocycles. The summed E-state index contributed by atoms with van der Waals surface area (Å²) in [5, 5.41) is 2.02. The van der Waals surface area contributed by atoms with Gasteiger partial charge in [0.25, 0.3) is 0 Å². The van der Waals surface area contributed by atoms with E-state index in [-0.39, 0.29) is 5.92 Å². The first kappa shape index (κ1) is 13.7. The van der Waals surface area contributed by atoms with E-state index in [9.17, 15) is 0 Å². The van der Waals surface area contributed by atoms with E-state index in [1.54, 1.807) is 6.07 Å². The minimum atomic E-state index is 0.252. The fourth-order valence-electron chi connectivity index (χ4n) is 1.38. The first-order valence-electron chi connectivity index (χ1n) is 5.52. The Morgan fingerprint density at radius 3 is 2.56 bits per heavy atom. The van der Waals surface area contributed by atoms with Crippen LogP contribution >= 0.6 is 35.0 Å². The van der Waals surface area contributed by atoms with Crippen LogP contribution in [0, 0.1) is 0 Å². The van der Waals surface area contributed by atoms with Crippen molar-refractivity contribution < 1.29 is 0 Å². The summed E-state index contributed by atoms with van der Waals surface area (Å²) in [6, 6.07) is 9.41. The van der Waals surface area contributed by atoms with Gasteiger partial charge in [-0.1, -0.05) is 54.9 Å². The zero-order valence-electron chi connectivity index (χ0n) is 10.0. The molecule has 0 aliphatic heterocycles. The van der Waals surface area contributed by atoms with Gasteiger partial charge in [-0.2, -0.15) is 0 Å². The zero-order valence-corrected chi connectivity index (χ0v) is 12.4. The van der Waals surface area contributed by atoms with Crippen LogP contribution < -0.4 is 0 Å². The molecule has 2 nitrogen and oxygen atoms in total. The van der Waals surface area contributed by atoms with E-state index in [1.807, 2.05) is 38.1 Å². The van der Waals surface area contributed by atoms with Crippen molar-refractivity contribution >= 4 is 35.0 Å². The van der Waals surface area contributed by atoms with Gasteiger partial charge in [0, 0.05) is 21.9 Å². The van der Waals surface area contributed by atoms with Crippen molar-refractivity contribution in [1.29, 1.82) is 0 Å². The second-order valence-corrected chi connectivity index (χ2v) is 6.02. The summed E-state index contributed by atoms with van der Waals surface area (Å²) in [5.74, 6) is 1.01. The van der Waals surface area contributed by atoms with Gasteiger partial charge in [-0.05, 0) is 18.2 Å². The van der Waals surface area contributed by atoms with Crippen molar-refractivity contribution in [3.63, 3.8) is 0 Å². The molecule has 0 aliphatic rings. The molecule has 2 aromatic rings. The van der Waals surface area contributed by atoms with Gasteiger partial charge >= 0.3 is 0 Å². The summed E-state index contributed by atoms with van der Waals surface area (Å²) in [6.07, 6.45) is 0. The molecule has 0 aliphatic carbocycles. The highest BCUT2D eigenvalue weighted by Gasteiger charge is 2.08. The molecule has 94 valence electrons. The van der Waals surface area contributed by atoms with Crippen molar-refractivity contribution in [2.24, 2.45) is 0 Å². The molecule has 0 radical (unpaired) electrons. The largest absolute Gasteiger partial charge is 0.226 e. The van der Waals surface area contributed by atoms with Crippen LogP contribution in [0.1, 0.15) is 25.6 Å². The molecule has 1 aromatic carbocycles. The van der Waals surface area contributed by atoms with Crippen LogP contribution in [0.15, 0.2) is 40.3 Å². The third kappa shape index (κ3) is 3.61. The maximum absolute atomic E-state index is 6.00. The van der Waals surface area contributed by atoms with Crippen molar-refractivity contribution in [3.05, 3.63) is 46.3 Å². The standard InChI is InChI=1S/C13H12Cl2N2S/c1-8(2)13-16-11(15)7-12(17-13)18-10-5-3-4-9(14)6-10/h3-8H,1-2H3. The summed E-state index contributed by atoms with van der Waals surface area (Å²) >= 11 is 13.5. The lowest BCUT2D eigenvalue weighted by Gasteiger charge is -2.07. The van der Waals surface area contributed by atoms with E-state index < -0.39 is 0 Å². The van der Waals surface area contributed by atoms with Gasteiger partial charge in [-0.3, -0.25) is 0 Å². The number of hydrogen-bond acceptors (Lipinski definition) is 3. The molecule has 2 rings (SSSR count).